The van der Waals surface area contributed by atoms with Gasteiger partial charge < -0.3 is 19.9 Å². The molecule has 0 radical (unpaired) electrons. The van der Waals surface area contributed by atoms with E-state index in [2.05, 4.69) is 15.5 Å². The Morgan fingerprint density at radius 3 is 2.33 bits per heavy atom. The number of methoxy groups -OCH3 is 1. The van der Waals surface area contributed by atoms with Crippen molar-refractivity contribution in [3.8, 4) is 5.75 Å². The zero-order chi connectivity index (χ0) is 25.7. The van der Waals surface area contributed by atoms with E-state index in [0.717, 1.165) is 5.69 Å². The van der Waals surface area contributed by atoms with Crippen molar-refractivity contribution < 1.29 is 18.7 Å². The van der Waals surface area contributed by atoms with Crippen molar-refractivity contribution in [2.45, 2.75) is 0 Å². The molecule has 4 rings (SSSR count). The number of carbonyl (C=O) groups excluding carboxylic acids is 2. The summed E-state index contributed by atoms with van der Waals surface area (Å²) in [5, 5.41) is 6.16. The third kappa shape index (κ3) is 5.92. The van der Waals surface area contributed by atoms with Crippen molar-refractivity contribution in [3.63, 3.8) is 0 Å². The summed E-state index contributed by atoms with van der Waals surface area (Å²) in [6.07, 6.45) is 0. The lowest BCUT2D eigenvalue weighted by Crippen LogP contribution is -2.49. The normalized spacial score (nSPS) is 13.2. The van der Waals surface area contributed by atoms with Gasteiger partial charge in [0.25, 0.3) is 11.8 Å². The fourth-order valence-electron chi connectivity index (χ4n) is 3.92. The Morgan fingerprint density at radius 1 is 0.972 bits per heavy atom. The molecule has 186 valence electrons. The number of hydrogen-bond acceptors (Lipinski definition) is 5. The molecule has 1 heterocycles. The molecule has 36 heavy (non-hydrogen) atoms. The molecular formula is C26H24ClFN4O3S. The fourth-order valence-corrected chi connectivity index (χ4v) is 4.30. The molecule has 0 unspecified atom stereocenters. The Balaban J connectivity index is 1.31. The van der Waals surface area contributed by atoms with Crippen LogP contribution in [0.1, 0.15) is 20.7 Å². The molecule has 2 amide bonds. The van der Waals surface area contributed by atoms with Gasteiger partial charge in [-0.2, -0.15) is 0 Å². The van der Waals surface area contributed by atoms with Crippen LogP contribution < -0.4 is 20.3 Å². The van der Waals surface area contributed by atoms with Crippen LogP contribution in [-0.4, -0.2) is 55.1 Å². The molecule has 0 aromatic heterocycles. The smallest absolute Gasteiger partial charge is 0.261 e. The summed E-state index contributed by atoms with van der Waals surface area (Å²) < 4.78 is 19.2. The average Bonchev–Trinajstić information content (AvgIpc) is 2.89. The van der Waals surface area contributed by atoms with Gasteiger partial charge in [-0.25, -0.2) is 4.39 Å². The molecule has 1 saturated heterocycles. The van der Waals surface area contributed by atoms with Gasteiger partial charge in [0.15, 0.2) is 5.11 Å². The van der Waals surface area contributed by atoms with Gasteiger partial charge in [0.2, 0.25) is 0 Å². The number of rotatable bonds is 5. The minimum absolute atomic E-state index is 0.0956. The number of piperazine rings is 1. The highest BCUT2D eigenvalue weighted by Crippen LogP contribution is 2.23. The number of ether oxygens (including phenoxy) is 1. The van der Waals surface area contributed by atoms with Gasteiger partial charge in [0.05, 0.1) is 18.2 Å². The molecule has 0 atom stereocenters. The zero-order valence-electron chi connectivity index (χ0n) is 19.5. The number of nitrogens with zero attached hydrogens (tertiary/aromatic N) is 2. The van der Waals surface area contributed by atoms with E-state index in [-0.39, 0.29) is 22.1 Å². The van der Waals surface area contributed by atoms with Crippen LogP contribution in [0, 0.1) is 5.82 Å². The van der Waals surface area contributed by atoms with Crippen LogP contribution in [0.2, 0.25) is 5.02 Å². The summed E-state index contributed by atoms with van der Waals surface area (Å²) in [7, 11) is 1.47. The third-order valence-electron chi connectivity index (χ3n) is 5.79. The molecule has 1 aliphatic rings. The number of carbonyl (C=O) groups is 2. The largest absolute Gasteiger partial charge is 0.496 e. The Morgan fingerprint density at radius 2 is 1.67 bits per heavy atom. The van der Waals surface area contributed by atoms with Crippen molar-refractivity contribution in [2.24, 2.45) is 0 Å². The second-order valence-electron chi connectivity index (χ2n) is 8.06. The molecule has 7 nitrogen and oxygen atoms in total. The highest BCUT2D eigenvalue weighted by molar-refractivity contribution is 7.80. The number of nitrogens with one attached hydrogen (secondary N) is 2. The van der Waals surface area contributed by atoms with E-state index in [1.54, 1.807) is 29.2 Å². The Kier molecular flexibility index (Phi) is 8.02. The summed E-state index contributed by atoms with van der Waals surface area (Å²) >= 11 is 11.3. The molecular weight excluding hydrogens is 503 g/mol. The monoisotopic (exact) mass is 526 g/mol. The predicted molar refractivity (Wildman–Crippen MR) is 143 cm³/mol. The van der Waals surface area contributed by atoms with Gasteiger partial charge in [-0.3, -0.25) is 14.9 Å². The van der Waals surface area contributed by atoms with E-state index in [4.69, 9.17) is 28.6 Å². The minimum atomic E-state index is -0.506. The van der Waals surface area contributed by atoms with Gasteiger partial charge in [-0.05, 0) is 66.8 Å². The van der Waals surface area contributed by atoms with E-state index in [1.807, 2.05) is 24.3 Å². The van der Waals surface area contributed by atoms with Gasteiger partial charge in [-0.1, -0.05) is 23.7 Å². The molecule has 0 spiro atoms. The first-order chi connectivity index (χ1) is 17.4. The van der Waals surface area contributed by atoms with E-state index >= 15 is 0 Å². The molecule has 0 aliphatic carbocycles. The molecule has 3 aromatic rings. The molecule has 3 aromatic carbocycles. The topological polar surface area (TPSA) is 73.9 Å². The number of benzene rings is 3. The summed E-state index contributed by atoms with van der Waals surface area (Å²) in [5.74, 6) is -0.849. The maximum absolute atomic E-state index is 14.0. The first kappa shape index (κ1) is 25.4. The Hall–Kier alpha value is -3.69. The first-order valence-electron chi connectivity index (χ1n) is 11.2. The maximum atomic E-state index is 14.0. The van der Waals surface area contributed by atoms with Crippen LogP contribution in [0.15, 0.2) is 66.7 Å². The molecule has 2 N–H and O–H groups in total. The van der Waals surface area contributed by atoms with Gasteiger partial charge in [-0.15, -0.1) is 0 Å². The number of anilines is 2. The Labute approximate surface area is 218 Å². The van der Waals surface area contributed by atoms with Crippen molar-refractivity contribution in [1.29, 1.82) is 0 Å². The summed E-state index contributed by atoms with van der Waals surface area (Å²) in [4.78, 5) is 29.0. The zero-order valence-corrected chi connectivity index (χ0v) is 21.0. The van der Waals surface area contributed by atoms with Crippen molar-refractivity contribution in [1.82, 2.24) is 10.2 Å². The number of halogens is 2. The van der Waals surface area contributed by atoms with Crippen molar-refractivity contribution >= 4 is 52.1 Å². The van der Waals surface area contributed by atoms with Gasteiger partial charge >= 0.3 is 0 Å². The van der Waals surface area contributed by atoms with E-state index in [0.29, 0.717) is 42.6 Å². The van der Waals surface area contributed by atoms with Gasteiger partial charge in [0, 0.05) is 42.6 Å². The van der Waals surface area contributed by atoms with Crippen LogP contribution in [0.3, 0.4) is 0 Å². The summed E-state index contributed by atoms with van der Waals surface area (Å²) in [6.45, 7) is 2.25. The van der Waals surface area contributed by atoms with Crippen molar-refractivity contribution in [2.75, 3.05) is 43.5 Å². The van der Waals surface area contributed by atoms with Crippen LogP contribution in [0.4, 0.5) is 15.8 Å². The van der Waals surface area contributed by atoms with Crippen LogP contribution in [-0.2, 0) is 0 Å². The van der Waals surface area contributed by atoms with E-state index in [9.17, 15) is 14.0 Å². The molecule has 1 aliphatic heterocycles. The van der Waals surface area contributed by atoms with Crippen molar-refractivity contribution in [3.05, 3.63) is 88.7 Å². The summed E-state index contributed by atoms with van der Waals surface area (Å²) in [6, 6.07) is 18.4. The van der Waals surface area contributed by atoms with Gasteiger partial charge in [0.1, 0.15) is 11.6 Å². The number of amides is 2. The van der Waals surface area contributed by atoms with E-state index < -0.39 is 11.7 Å². The lowest BCUT2D eigenvalue weighted by atomic mass is 10.1. The van der Waals surface area contributed by atoms with Crippen LogP contribution in [0.5, 0.6) is 5.75 Å². The number of thiocarbonyl (C=S) groups is 1. The van der Waals surface area contributed by atoms with Crippen LogP contribution in [0.25, 0.3) is 0 Å². The maximum Gasteiger partial charge on any atom is 0.261 e. The molecule has 1 fully saturated rings. The highest BCUT2D eigenvalue weighted by atomic mass is 35.5. The fraction of sp³-hybridized carbons (Fsp3) is 0.192. The number of hydrogen-bond donors (Lipinski definition) is 2. The van der Waals surface area contributed by atoms with E-state index in [1.165, 1.54) is 25.3 Å². The Bertz CT molecular complexity index is 1280. The lowest BCUT2D eigenvalue weighted by molar-refractivity contribution is 0.0742. The van der Waals surface area contributed by atoms with Crippen LogP contribution >= 0.6 is 23.8 Å². The second kappa shape index (κ2) is 11.4. The molecule has 0 bridgehead atoms. The quantitative estimate of drug-likeness (QED) is 0.474. The predicted octanol–water partition coefficient (Wildman–Crippen LogP) is 4.58. The molecule has 10 heteroatoms. The standard InChI is InChI=1S/C26H24ClFN4O3S/c1-35-23-11-6-17(27)16-21(23)24(33)30-26(36)29-18-7-9-19(10-8-18)31-12-14-32(15-13-31)25(34)20-4-2-3-5-22(20)28/h2-11,16H,12-15H2,1H3,(H2,29,30,33,36). The minimum Gasteiger partial charge on any atom is -0.496 e. The first-order valence-corrected chi connectivity index (χ1v) is 12.0. The third-order valence-corrected chi connectivity index (χ3v) is 6.23. The molecule has 0 saturated carbocycles. The SMILES string of the molecule is COc1ccc(Cl)cc1C(=O)NC(=S)Nc1ccc(N2CCN(C(=O)c3ccccc3F)CC2)cc1. The summed E-state index contributed by atoms with van der Waals surface area (Å²) in [5.41, 5.74) is 2.06. The highest BCUT2D eigenvalue weighted by Gasteiger charge is 2.24. The lowest BCUT2D eigenvalue weighted by Gasteiger charge is -2.36. The second-order valence-corrected chi connectivity index (χ2v) is 8.90. The average molecular weight is 527 g/mol.